The summed E-state index contributed by atoms with van der Waals surface area (Å²) in [5, 5.41) is 16.4. The summed E-state index contributed by atoms with van der Waals surface area (Å²) in [5.74, 6) is -2.98. The molecule has 1 aliphatic heterocycles. The number of carbonyl (C=O) groups is 2. The second-order valence-electron chi connectivity index (χ2n) is 10.7. The molecular weight excluding hydrogens is 608 g/mol. The number of hydrogen-bond acceptors (Lipinski definition) is 7. The summed E-state index contributed by atoms with van der Waals surface area (Å²) in [5.41, 5.74) is 2.04. The third kappa shape index (κ3) is 6.61. The quantitative estimate of drug-likeness (QED) is 0.250. The highest BCUT2D eigenvalue weighted by Gasteiger charge is 2.25. The van der Waals surface area contributed by atoms with Crippen molar-refractivity contribution < 1.29 is 28.2 Å². The number of methoxy groups -OCH3 is 1. The summed E-state index contributed by atoms with van der Waals surface area (Å²) in [6, 6.07) is 7.50. The Bertz CT molecular complexity index is 1720. The molecule has 1 saturated heterocycles. The maximum absolute atomic E-state index is 15.5. The van der Waals surface area contributed by atoms with Crippen molar-refractivity contribution in [1.29, 1.82) is 0 Å². The molecule has 0 atom stereocenters. The van der Waals surface area contributed by atoms with E-state index in [1.807, 2.05) is 4.90 Å². The van der Waals surface area contributed by atoms with E-state index in [2.05, 4.69) is 15.4 Å². The first-order chi connectivity index (χ1) is 21.6. The SMILES string of the molecule is COCCCn1ncc(-c2ccc(-c3cnc(C(=O)Nc4ccc(C(=O)N5CCN(CO)CC5)c(Cl)c4)n3C)c(F)c2F)c1C. The zero-order valence-electron chi connectivity index (χ0n) is 25.2. The fourth-order valence-electron chi connectivity index (χ4n) is 5.34. The van der Waals surface area contributed by atoms with Crippen molar-refractivity contribution in [3.05, 3.63) is 76.5 Å². The van der Waals surface area contributed by atoms with Gasteiger partial charge in [-0.25, -0.2) is 13.8 Å². The Balaban J connectivity index is 1.30. The molecule has 2 amide bonds. The Hall–Kier alpha value is -4.17. The molecule has 238 valence electrons. The Morgan fingerprint density at radius 2 is 1.76 bits per heavy atom. The van der Waals surface area contributed by atoms with E-state index in [1.165, 1.54) is 48.3 Å². The average molecular weight is 642 g/mol. The van der Waals surface area contributed by atoms with Crippen LogP contribution >= 0.6 is 11.6 Å². The zero-order chi connectivity index (χ0) is 32.2. The molecule has 14 heteroatoms. The van der Waals surface area contributed by atoms with Gasteiger partial charge in [-0.1, -0.05) is 17.7 Å². The van der Waals surface area contributed by atoms with E-state index >= 15 is 8.78 Å². The molecule has 0 spiro atoms. The number of anilines is 1. The van der Waals surface area contributed by atoms with Gasteiger partial charge in [-0.05, 0) is 37.6 Å². The summed E-state index contributed by atoms with van der Waals surface area (Å²) in [6.07, 6.45) is 3.55. The van der Waals surface area contributed by atoms with E-state index in [0.717, 1.165) is 6.42 Å². The van der Waals surface area contributed by atoms with E-state index < -0.39 is 17.5 Å². The number of aliphatic hydroxyl groups is 1. The number of rotatable bonds is 10. The molecule has 11 nitrogen and oxygen atoms in total. The summed E-state index contributed by atoms with van der Waals surface area (Å²) >= 11 is 6.42. The minimum absolute atomic E-state index is 0.0416. The first kappa shape index (κ1) is 32.2. The Morgan fingerprint density at radius 1 is 1.04 bits per heavy atom. The van der Waals surface area contributed by atoms with Gasteiger partial charge in [-0.15, -0.1) is 0 Å². The van der Waals surface area contributed by atoms with Gasteiger partial charge in [0.1, 0.15) is 0 Å². The van der Waals surface area contributed by atoms with Crippen molar-refractivity contribution in [2.45, 2.75) is 19.9 Å². The fourth-order valence-corrected chi connectivity index (χ4v) is 5.60. The van der Waals surface area contributed by atoms with Crippen LogP contribution in [0.1, 0.15) is 33.1 Å². The van der Waals surface area contributed by atoms with Crippen LogP contribution in [0.15, 0.2) is 42.7 Å². The van der Waals surface area contributed by atoms with Gasteiger partial charge < -0.3 is 24.6 Å². The smallest absolute Gasteiger partial charge is 0.291 e. The van der Waals surface area contributed by atoms with E-state index in [0.29, 0.717) is 61.8 Å². The lowest BCUT2D eigenvalue weighted by atomic mass is 10.0. The highest BCUT2D eigenvalue weighted by Crippen LogP contribution is 2.33. The van der Waals surface area contributed by atoms with Crippen LogP contribution < -0.4 is 5.32 Å². The number of nitrogens with one attached hydrogen (secondary N) is 1. The highest BCUT2D eigenvalue weighted by atomic mass is 35.5. The predicted molar refractivity (Wildman–Crippen MR) is 165 cm³/mol. The molecule has 2 N–H and O–H groups in total. The molecule has 3 heterocycles. The normalized spacial score (nSPS) is 13.8. The van der Waals surface area contributed by atoms with Crippen LogP contribution in [0.3, 0.4) is 0 Å². The number of aryl methyl sites for hydroxylation is 1. The van der Waals surface area contributed by atoms with Gasteiger partial charge in [0, 0.05) is 81.6 Å². The van der Waals surface area contributed by atoms with Crippen molar-refractivity contribution in [3.63, 3.8) is 0 Å². The maximum atomic E-state index is 15.5. The second kappa shape index (κ2) is 13.9. The van der Waals surface area contributed by atoms with E-state index in [-0.39, 0.29) is 40.3 Å². The number of aliphatic hydroxyl groups excluding tert-OH is 1. The number of amides is 2. The first-order valence-corrected chi connectivity index (χ1v) is 14.8. The van der Waals surface area contributed by atoms with Crippen molar-refractivity contribution in [3.8, 4) is 22.4 Å². The number of benzene rings is 2. The molecule has 0 aliphatic carbocycles. The van der Waals surface area contributed by atoms with Gasteiger partial charge in [0.25, 0.3) is 11.8 Å². The van der Waals surface area contributed by atoms with Crippen LogP contribution in [0, 0.1) is 18.6 Å². The highest BCUT2D eigenvalue weighted by molar-refractivity contribution is 6.34. The third-order valence-corrected chi connectivity index (χ3v) is 8.29. The Labute approximate surface area is 264 Å². The number of aromatic nitrogens is 4. The Morgan fingerprint density at radius 3 is 2.44 bits per heavy atom. The van der Waals surface area contributed by atoms with Crippen LogP contribution in [0.5, 0.6) is 0 Å². The molecule has 0 bridgehead atoms. The number of ether oxygens (including phenoxy) is 1. The van der Waals surface area contributed by atoms with Gasteiger partial charge in [-0.2, -0.15) is 5.10 Å². The second-order valence-corrected chi connectivity index (χ2v) is 11.1. The molecule has 45 heavy (non-hydrogen) atoms. The third-order valence-electron chi connectivity index (χ3n) is 7.98. The van der Waals surface area contributed by atoms with Gasteiger partial charge in [0.2, 0.25) is 0 Å². The maximum Gasteiger partial charge on any atom is 0.291 e. The number of nitrogens with zero attached hydrogens (tertiary/aromatic N) is 6. The molecule has 1 fully saturated rings. The lowest BCUT2D eigenvalue weighted by molar-refractivity contribution is 0.0423. The zero-order valence-corrected chi connectivity index (χ0v) is 25.9. The number of piperazine rings is 1. The van der Waals surface area contributed by atoms with Crippen LogP contribution in [0.4, 0.5) is 14.5 Å². The topological polar surface area (TPSA) is 118 Å². The van der Waals surface area contributed by atoms with E-state index in [4.69, 9.17) is 16.3 Å². The van der Waals surface area contributed by atoms with Crippen LogP contribution in [-0.2, 0) is 18.3 Å². The summed E-state index contributed by atoms with van der Waals surface area (Å²) < 4.78 is 39.0. The predicted octanol–water partition coefficient (Wildman–Crippen LogP) is 4.19. The Kier molecular flexibility index (Phi) is 9.93. The van der Waals surface area contributed by atoms with Crippen LogP contribution in [-0.4, -0.2) is 92.7 Å². The minimum atomic E-state index is -1.07. The number of imidazole rings is 1. The standard InChI is InChI=1S/C31H34ClF2N7O4/c1-19-24(16-36-41(19)9-4-14-45-3)21-7-8-23(28(34)27(21)33)26-17-35-29(38(26)2)30(43)37-20-5-6-22(25(32)15-20)31(44)40-12-10-39(18-42)11-13-40/h5-8,15-17,42H,4,9-14,18H2,1-3H3,(H,37,43). The number of halogens is 3. The van der Waals surface area contributed by atoms with E-state index in [9.17, 15) is 14.7 Å². The molecule has 4 aromatic rings. The van der Waals surface area contributed by atoms with Gasteiger partial charge in [0.15, 0.2) is 17.5 Å². The summed E-state index contributed by atoms with van der Waals surface area (Å²) in [4.78, 5) is 33.7. The molecule has 0 unspecified atom stereocenters. The van der Waals surface area contributed by atoms with Crippen molar-refractivity contribution in [2.75, 3.05) is 51.9 Å². The van der Waals surface area contributed by atoms with Crippen LogP contribution in [0.25, 0.3) is 22.4 Å². The molecular formula is C31H34ClF2N7O4. The van der Waals surface area contributed by atoms with Gasteiger partial charge in [0.05, 0.1) is 35.4 Å². The average Bonchev–Trinajstić information content (AvgIpc) is 3.60. The van der Waals surface area contributed by atoms with Crippen molar-refractivity contribution in [1.82, 2.24) is 29.1 Å². The lowest BCUT2D eigenvalue weighted by Crippen LogP contribution is -2.48. The molecule has 0 saturated carbocycles. The van der Waals surface area contributed by atoms with Crippen LogP contribution in [0.2, 0.25) is 5.02 Å². The van der Waals surface area contributed by atoms with Crippen molar-refractivity contribution >= 4 is 29.1 Å². The minimum Gasteiger partial charge on any atom is -0.385 e. The number of carbonyl (C=O) groups excluding carboxylic acids is 2. The monoisotopic (exact) mass is 641 g/mol. The largest absolute Gasteiger partial charge is 0.385 e. The van der Waals surface area contributed by atoms with E-state index in [1.54, 1.807) is 29.7 Å². The van der Waals surface area contributed by atoms with Gasteiger partial charge >= 0.3 is 0 Å². The van der Waals surface area contributed by atoms with Crippen molar-refractivity contribution in [2.24, 2.45) is 7.05 Å². The summed E-state index contributed by atoms with van der Waals surface area (Å²) in [6.45, 7) is 4.92. The fraction of sp³-hybridized carbons (Fsp3) is 0.355. The summed E-state index contributed by atoms with van der Waals surface area (Å²) in [7, 11) is 3.14. The first-order valence-electron chi connectivity index (χ1n) is 14.4. The molecule has 1 aliphatic rings. The van der Waals surface area contributed by atoms with Gasteiger partial charge in [-0.3, -0.25) is 19.2 Å². The lowest BCUT2D eigenvalue weighted by Gasteiger charge is -2.33. The molecule has 2 aromatic heterocycles. The molecule has 2 aromatic carbocycles. The molecule has 0 radical (unpaired) electrons. The molecule has 5 rings (SSSR count). The number of hydrogen-bond donors (Lipinski definition) is 2.